The van der Waals surface area contributed by atoms with E-state index in [4.69, 9.17) is 9.72 Å². The quantitative estimate of drug-likeness (QED) is 0.477. The van der Waals surface area contributed by atoms with Crippen LogP contribution in [-0.2, 0) is 27.3 Å². The summed E-state index contributed by atoms with van der Waals surface area (Å²) in [4.78, 5) is 29.7. The number of fused-ring (bicyclic) bond motifs is 2. The molecule has 0 spiro atoms. The number of aldehydes is 1. The SMILES string of the molecule is CCc1c2c(nc3ccc(O)cc13)/C(=C/C(=C(\C=O)COC=O)C(CC)CC)N(C)C2. The number of phenols is 1. The van der Waals surface area contributed by atoms with E-state index in [1.165, 1.54) is 5.56 Å². The van der Waals surface area contributed by atoms with Crippen LogP contribution < -0.4 is 0 Å². The standard InChI is InChI=1S/C25H30N2O4/c1-5-16(6-2)20(17(13-28)14-31-15-29)11-24-25-22(12-27(24)4)19(7-3)21-10-18(30)8-9-23(21)26-25/h8-11,13,15-16,30H,5-7,12,14H2,1-4H3/b20-17-,24-11-. The van der Waals surface area contributed by atoms with Gasteiger partial charge in [0.05, 0.1) is 16.9 Å². The molecule has 1 aromatic heterocycles. The molecule has 6 nitrogen and oxygen atoms in total. The largest absolute Gasteiger partial charge is 0.508 e. The number of phenolic OH excluding ortho intramolecular Hbond substituents is 1. The molecule has 0 atom stereocenters. The molecule has 1 N–H and O–H groups in total. The van der Waals surface area contributed by atoms with Gasteiger partial charge in [0.15, 0.2) is 0 Å². The third-order valence-electron chi connectivity index (χ3n) is 6.13. The molecule has 164 valence electrons. The topological polar surface area (TPSA) is 79.7 Å². The van der Waals surface area contributed by atoms with E-state index in [0.717, 1.165) is 59.0 Å². The molecule has 0 fully saturated rings. The molecule has 0 aliphatic carbocycles. The molecule has 0 radical (unpaired) electrons. The molecule has 3 rings (SSSR count). The first kappa shape index (κ1) is 22.5. The molecule has 1 aliphatic rings. The number of pyridine rings is 1. The highest BCUT2D eigenvalue weighted by atomic mass is 16.5. The van der Waals surface area contributed by atoms with Crippen molar-refractivity contribution in [3.8, 4) is 5.75 Å². The number of carbonyl (C=O) groups excluding carboxylic acids is 2. The number of nitrogens with zero attached hydrogens (tertiary/aromatic N) is 2. The van der Waals surface area contributed by atoms with Crippen LogP contribution in [0.5, 0.6) is 5.75 Å². The summed E-state index contributed by atoms with van der Waals surface area (Å²) in [6.07, 6.45) is 5.40. The number of carbonyl (C=O) groups is 2. The first-order valence-corrected chi connectivity index (χ1v) is 10.8. The third-order valence-corrected chi connectivity index (χ3v) is 6.13. The number of rotatable bonds is 9. The number of allylic oxidation sites excluding steroid dienone is 2. The van der Waals surface area contributed by atoms with Crippen LogP contribution >= 0.6 is 0 Å². The molecule has 0 saturated heterocycles. The normalized spacial score (nSPS) is 15.4. The van der Waals surface area contributed by atoms with E-state index in [-0.39, 0.29) is 18.3 Å². The Hall–Kier alpha value is -3.15. The van der Waals surface area contributed by atoms with E-state index < -0.39 is 0 Å². The zero-order chi connectivity index (χ0) is 22.5. The summed E-state index contributed by atoms with van der Waals surface area (Å²) in [5.74, 6) is 0.402. The molecule has 1 aromatic carbocycles. The highest BCUT2D eigenvalue weighted by Crippen LogP contribution is 2.38. The zero-order valence-corrected chi connectivity index (χ0v) is 18.6. The number of aromatic nitrogens is 1. The van der Waals surface area contributed by atoms with Gasteiger partial charge in [-0.15, -0.1) is 0 Å². The van der Waals surface area contributed by atoms with Crippen molar-refractivity contribution in [3.63, 3.8) is 0 Å². The van der Waals surface area contributed by atoms with Crippen molar-refractivity contribution in [2.45, 2.75) is 46.6 Å². The summed E-state index contributed by atoms with van der Waals surface area (Å²) in [6.45, 7) is 7.33. The van der Waals surface area contributed by atoms with Crippen molar-refractivity contribution >= 4 is 29.4 Å². The summed E-state index contributed by atoms with van der Waals surface area (Å²) in [5, 5.41) is 10.9. The second-order valence-corrected chi connectivity index (χ2v) is 7.88. The Labute approximate surface area is 183 Å². The molecule has 0 unspecified atom stereocenters. The molecule has 0 amide bonds. The maximum atomic E-state index is 11.9. The van der Waals surface area contributed by atoms with Gasteiger partial charge in [-0.25, -0.2) is 4.98 Å². The van der Waals surface area contributed by atoms with Gasteiger partial charge in [0.25, 0.3) is 6.47 Å². The molecular formula is C25H30N2O4. The number of hydrogen-bond donors (Lipinski definition) is 1. The van der Waals surface area contributed by atoms with Gasteiger partial charge in [0.1, 0.15) is 18.6 Å². The van der Waals surface area contributed by atoms with Gasteiger partial charge in [-0.2, -0.15) is 0 Å². The van der Waals surface area contributed by atoms with E-state index in [0.29, 0.717) is 18.6 Å². The highest BCUT2D eigenvalue weighted by Gasteiger charge is 2.28. The van der Waals surface area contributed by atoms with Crippen molar-refractivity contribution in [1.29, 1.82) is 0 Å². The highest BCUT2D eigenvalue weighted by molar-refractivity contribution is 5.89. The van der Waals surface area contributed by atoms with Gasteiger partial charge in [0.2, 0.25) is 0 Å². The van der Waals surface area contributed by atoms with Gasteiger partial charge >= 0.3 is 0 Å². The molecule has 2 aromatic rings. The predicted octanol–water partition coefficient (Wildman–Crippen LogP) is 4.39. The first-order valence-electron chi connectivity index (χ1n) is 10.8. The van der Waals surface area contributed by atoms with Crippen molar-refractivity contribution in [3.05, 3.63) is 52.2 Å². The fourth-order valence-corrected chi connectivity index (χ4v) is 4.48. The first-order chi connectivity index (χ1) is 15.0. The van der Waals surface area contributed by atoms with E-state index in [1.807, 2.05) is 19.2 Å². The van der Waals surface area contributed by atoms with Crippen LogP contribution in [0.4, 0.5) is 0 Å². The van der Waals surface area contributed by atoms with E-state index in [1.54, 1.807) is 12.1 Å². The van der Waals surface area contributed by atoms with E-state index in [2.05, 4.69) is 25.7 Å². The molecule has 2 heterocycles. The lowest BCUT2D eigenvalue weighted by Gasteiger charge is -2.20. The Balaban J connectivity index is 2.24. The average Bonchev–Trinajstić information content (AvgIpc) is 3.08. The predicted molar refractivity (Wildman–Crippen MR) is 121 cm³/mol. The van der Waals surface area contributed by atoms with Gasteiger partial charge in [-0.3, -0.25) is 9.59 Å². The lowest BCUT2D eigenvalue weighted by Crippen LogP contribution is -2.12. The minimum absolute atomic E-state index is 0.0379. The fraction of sp³-hybridized carbons (Fsp3) is 0.400. The second kappa shape index (κ2) is 9.77. The molecule has 0 saturated carbocycles. The van der Waals surface area contributed by atoms with Crippen molar-refractivity contribution in [2.75, 3.05) is 13.7 Å². The Kier molecular flexibility index (Phi) is 7.10. The summed E-state index contributed by atoms with van der Waals surface area (Å²) in [7, 11) is 2.02. The lowest BCUT2D eigenvalue weighted by molar-refractivity contribution is -0.128. The molecule has 31 heavy (non-hydrogen) atoms. The third kappa shape index (κ3) is 4.33. The van der Waals surface area contributed by atoms with E-state index in [9.17, 15) is 14.7 Å². The maximum absolute atomic E-state index is 11.9. The lowest BCUT2D eigenvalue weighted by atomic mass is 9.89. The Bertz CT molecular complexity index is 1050. The number of hydrogen-bond acceptors (Lipinski definition) is 6. The second-order valence-electron chi connectivity index (χ2n) is 7.88. The summed E-state index contributed by atoms with van der Waals surface area (Å²) in [5.41, 5.74) is 6.39. The molecule has 1 aliphatic heterocycles. The smallest absolute Gasteiger partial charge is 0.293 e. The van der Waals surface area contributed by atoms with Gasteiger partial charge < -0.3 is 14.7 Å². The van der Waals surface area contributed by atoms with Gasteiger partial charge in [0, 0.05) is 30.1 Å². The van der Waals surface area contributed by atoms with Gasteiger partial charge in [-0.05, 0) is 60.6 Å². The van der Waals surface area contributed by atoms with Crippen LogP contribution in [0.15, 0.2) is 35.4 Å². The zero-order valence-electron chi connectivity index (χ0n) is 18.6. The van der Waals surface area contributed by atoms with Crippen molar-refractivity contribution < 1.29 is 19.4 Å². The molecular weight excluding hydrogens is 392 g/mol. The molecule has 6 heteroatoms. The fourth-order valence-electron chi connectivity index (χ4n) is 4.48. The van der Waals surface area contributed by atoms with Crippen LogP contribution in [0.3, 0.4) is 0 Å². The number of aromatic hydroxyl groups is 1. The maximum Gasteiger partial charge on any atom is 0.293 e. The monoisotopic (exact) mass is 422 g/mol. The Morgan fingerprint density at radius 2 is 2.00 bits per heavy atom. The van der Waals surface area contributed by atoms with Gasteiger partial charge in [-0.1, -0.05) is 20.8 Å². The summed E-state index contributed by atoms with van der Waals surface area (Å²) in [6, 6.07) is 5.27. The minimum atomic E-state index is -0.0379. The van der Waals surface area contributed by atoms with Crippen LogP contribution in [0, 0.1) is 5.92 Å². The summed E-state index contributed by atoms with van der Waals surface area (Å²) < 4.78 is 4.92. The van der Waals surface area contributed by atoms with Crippen molar-refractivity contribution in [2.24, 2.45) is 5.92 Å². The Morgan fingerprint density at radius 1 is 1.26 bits per heavy atom. The van der Waals surface area contributed by atoms with E-state index >= 15 is 0 Å². The average molecular weight is 423 g/mol. The van der Waals surface area contributed by atoms with Crippen LogP contribution in [-0.4, -0.2) is 41.4 Å². The van der Waals surface area contributed by atoms with Crippen molar-refractivity contribution in [1.82, 2.24) is 9.88 Å². The van der Waals surface area contributed by atoms with Crippen LogP contribution in [0.1, 0.15) is 50.4 Å². The number of benzene rings is 1. The van der Waals surface area contributed by atoms with Crippen LogP contribution in [0.2, 0.25) is 0 Å². The molecule has 0 bridgehead atoms. The minimum Gasteiger partial charge on any atom is -0.508 e. The number of aryl methyl sites for hydroxylation is 1. The number of ether oxygens (including phenoxy) is 1. The van der Waals surface area contributed by atoms with Crippen LogP contribution in [0.25, 0.3) is 16.6 Å². The summed E-state index contributed by atoms with van der Waals surface area (Å²) >= 11 is 0. The Morgan fingerprint density at radius 3 is 2.61 bits per heavy atom.